The molecule has 1 heterocycles. The van der Waals surface area contributed by atoms with Gasteiger partial charge in [0.05, 0.1) is 13.2 Å². The molecular weight excluding hydrogens is 278 g/mol. The van der Waals surface area contributed by atoms with E-state index in [1.54, 1.807) is 0 Å². The molecule has 1 N–H and O–H groups in total. The maximum Gasteiger partial charge on any atom is 0.251 e. The molecule has 1 fully saturated rings. The SMILES string of the molecule is CN(C)c1cccc(C(=O)NCC(C)(C)N2CCOCC2)c1. The number of anilines is 1. The lowest BCUT2D eigenvalue weighted by Gasteiger charge is -2.40. The summed E-state index contributed by atoms with van der Waals surface area (Å²) >= 11 is 0. The first kappa shape index (κ1) is 16.8. The summed E-state index contributed by atoms with van der Waals surface area (Å²) in [6, 6.07) is 7.67. The van der Waals surface area contributed by atoms with Gasteiger partial charge in [0.1, 0.15) is 0 Å². The molecule has 1 aliphatic rings. The molecular formula is C17H27N3O2. The Labute approximate surface area is 133 Å². The van der Waals surface area contributed by atoms with E-state index in [-0.39, 0.29) is 11.4 Å². The van der Waals surface area contributed by atoms with Crippen molar-refractivity contribution >= 4 is 11.6 Å². The van der Waals surface area contributed by atoms with Crippen LogP contribution in [0.15, 0.2) is 24.3 Å². The second kappa shape index (κ2) is 7.11. The Morgan fingerprint density at radius 3 is 2.64 bits per heavy atom. The summed E-state index contributed by atoms with van der Waals surface area (Å²) < 4.78 is 5.39. The molecule has 5 nitrogen and oxygen atoms in total. The molecule has 1 aromatic carbocycles. The van der Waals surface area contributed by atoms with Crippen molar-refractivity contribution in [2.45, 2.75) is 19.4 Å². The van der Waals surface area contributed by atoms with Crippen molar-refractivity contribution in [1.29, 1.82) is 0 Å². The maximum atomic E-state index is 12.4. The number of carbonyl (C=O) groups excluding carboxylic acids is 1. The van der Waals surface area contributed by atoms with Crippen molar-refractivity contribution in [3.05, 3.63) is 29.8 Å². The van der Waals surface area contributed by atoms with E-state index < -0.39 is 0 Å². The van der Waals surface area contributed by atoms with Crippen LogP contribution in [0.2, 0.25) is 0 Å². The van der Waals surface area contributed by atoms with Gasteiger partial charge in [-0.3, -0.25) is 9.69 Å². The van der Waals surface area contributed by atoms with Crippen molar-refractivity contribution < 1.29 is 9.53 Å². The van der Waals surface area contributed by atoms with Gasteiger partial charge >= 0.3 is 0 Å². The number of nitrogens with zero attached hydrogens (tertiary/aromatic N) is 2. The molecule has 0 saturated carbocycles. The van der Waals surface area contributed by atoms with Crippen LogP contribution in [-0.4, -0.2) is 63.3 Å². The van der Waals surface area contributed by atoms with Crippen molar-refractivity contribution in [2.75, 3.05) is 51.8 Å². The molecule has 5 heteroatoms. The van der Waals surface area contributed by atoms with Gasteiger partial charge in [0.25, 0.3) is 5.91 Å². The number of rotatable bonds is 5. The first-order valence-corrected chi connectivity index (χ1v) is 7.78. The van der Waals surface area contributed by atoms with Gasteiger partial charge in [0.2, 0.25) is 0 Å². The topological polar surface area (TPSA) is 44.8 Å². The van der Waals surface area contributed by atoms with Crippen molar-refractivity contribution in [2.24, 2.45) is 0 Å². The predicted molar refractivity (Wildman–Crippen MR) is 89.6 cm³/mol. The van der Waals surface area contributed by atoms with E-state index in [2.05, 4.69) is 24.1 Å². The zero-order valence-electron chi connectivity index (χ0n) is 14.1. The lowest BCUT2D eigenvalue weighted by atomic mass is 10.0. The Morgan fingerprint density at radius 2 is 2.00 bits per heavy atom. The van der Waals surface area contributed by atoms with Gasteiger partial charge < -0.3 is 15.0 Å². The quantitative estimate of drug-likeness (QED) is 0.897. The number of hydrogen-bond donors (Lipinski definition) is 1. The third-order valence-electron chi connectivity index (χ3n) is 4.17. The Hall–Kier alpha value is -1.59. The lowest BCUT2D eigenvalue weighted by Crippen LogP contribution is -2.55. The molecule has 0 radical (unpaired) electrons. The fourth-order valence-electron chi connectivity index (χ4n) is 2.60. The zero-order valence-corrected chi connectivity index (χ0v) is 14.1. The molecule has 122 valence electrons. The minimum absolute atomic E-state index is 0.0231. The van der Waals surface area contributed by atoms with Crippen LogP contribution in [0.4, 0.5) is 5.69 Å². The van der Waals surface area contributed by atoms with Gasteiger partial charge in [-0.1, -0.05) is 6.07 Å². The van der Waals surface area contributed by atoms with Crippen molar-refractivity contribution in [3.8, 4) is 0 Å². The molecule has 22 heavy (non-hydrogen) atoms. The van der Waals surface area contributed by atoms with E-state index in [0.29, 0.717) is 12.1 Å². The largest absolute Gasteiger partial charge is 0.379 e. The molecule has 0 aliphatic carbocycles. The molecule has 1 aromatic rings. The van der Waals surface area contributed by atoms with Crippen molar-refractivity contribution in [3.63, 3.8) is 0 Å². The van der Waals surface area contributed by atoms with E-state index in [0.717, 1.165) is 32.0 Å². The third-order valence-corrected chi connectivity index (χ3v) is 4.17. The minimum atomic E-state index is -0.0708. The molecule has 0 unspecified atom stereocenters. The summed E-state index contributed by atoms with van der Waals surface area (Å²) in [4.78, 5) is 16.7. The molecule has 0 atom stereocenters. The summed E-state index contributed by atoms with van der Waals surface area (Å²) in [5, 5.41) is 3.06. The highest BCUT2D eigenvalue weighted by molar-refractivity contribution is 5.95. The Kier molecular flexibility index (Phi) is 5.42. The van der Waals surface area contributed by atoms with E-state index in [1.165, 1.54) is 0 Å². The van der Waals surface area contributed by atoms with E-state index in [9.17, 15) is 4.79 Å². The van der Waals surface area contributed by atoms with Crippen LogP contribution in [0.1, 0.15) is 24.2 Å². The smallest absolute Gasteiger partial charge is 0.251 e. The molecule has 1 saturated heterocycles. The lowest BCUT2D eigenvalue weighted by molar-refractivity contribution is -0.00923. The van der Waals surface area contributed by atoms with Gasteiger partial charge in [0, 0.05) is 50.5 Å². The van der Waals surface area contributed by atoms with Gasteiger partial charge in [-0.15, -0.1) is 0 Å². The summed E-state index contributed by atoms with van der Waals surface area (Å²) in [5.74, 6) is -0.0231. The molecule has 0 spiro atoms. The summed E-state index contributed by atoms with van der Waals surface area (Å²) in [6.45, 7) is 8.31. The molecule has 0 bridgehead atoms. The normalized spacial score (nSPS) is 16.4. The number of ether oxygens (including phenoxy) is 1. The molecule has 2 rings (SSSR count). The minimum Gasteiger partial charge on any atom is -0.379 e. The zero-order chi connectivity index (χ0) is 16.2. The molecule has 0 aromatic heterocycles. The van der Waals surface area contributed by atoms with E-state index in [1.807, 2.05) is 43.3 Å². The van der Waals surface area contributed by atoms with Crippen LogP contribution >= 0.6 is 0 Å². The van der Waals surface area contributed by atoms with Crippen LogP contribution in [0.25, 0.3) is 0 Å². The highest BCUT2D eigenvalue weighted by atomic mass is 16.5. The fraction of sp³-hybridized carbons (Fsp3) is 0.588. The Balaban J connectivity index is 1.95. The summed E-state index contributed by atoms with van der Waals surface area (Å²) in [7, 11) is 3.94. The van der Waals surface area contributed by atoms with Crippen LogP contribution in [-0.2, 0) is 4.74 Å². The van der Waals surface area contributed by atoms with Gasteiger partial charge in [-0.05, 0) is 32.0 Å². The third kappa shape index (κ3) is 4.21. The summed E-state index contributed by atoms with van der Waals surface area (Å²) in [6.07, 6.45) is 0. The predicted octanol–water partition coefficient (Wildman–Crippen LogP) is 1.59. The molecule has 1 aliphatic heterocycles. The number of amides is 1. The second-order valence-electron chi connectivity index (χ2n) is 6.54. The Bertz CT molecular complexity index is 508. The number of carbonyl (C=O) groups is 1. The van der Waals surface area contributed by atoms with Gasteiger partial charge in [-0.25, -0.2) is 0 Å². The van der Waals surface area contributed by atoms with Crippen LogP contribution in [0.5, 0.6) is 0 Å². The van der Waals surface area contributed by atoms with Crippen LogP contribution in [0.3, 0.4) is 0 Å². The van der Waals surface area contributed by atoms with Crippen molar-refractivity contribution in [1.82, 2.24) is 10.2 Å². The maximum absolute atomic E-state index is 12.4. The highest BCUT2D eigenvalue weighted by Crippen LogP contribution is 2.16. The average Bonchev–Trinajstić information content (AvgIpc) is 2.53. The van der Waals surface area contributed by atoms with Crippen LogP contribution < -0.4 is 10.2 Å². The summed E-state index contributed by atoms with van der Waals surface area (Å²) in [5.41, 5.74) is 1.66. The number of hydrogen-bond acceptors (Lipinski definition) is 4. The van der Waals surface area contributed by atoms with E-state index in [4.69, 9.17) is 4.74 Å². The number of benzene rings is 1. The second-order valence-corrected chi connectivity index (χ2v) is 6.54. The van der Waals surface area contributed by atoms with Gasteiger partial charge in [0.15, 0.2) is 0 Å². The Morgan fingerprint density at radius 1 is 1.32 bits per heavy atom. The molecule has 1 amide bonds. The first-order chi connectivity index (χ1) is 10.4. The van der Waals surface area contributed by atoms with E-state index >= 15 is 0 Å². The average molecular weight is 305 g/mol. The first-order valence-electron chi connectivity index (χ1n) is 7.78. The highest BCUT2D eigenvalue weighted by Gasteiger charge is 2.28. The number of morpholine rings is 1. The monoisotopic (exact) mass is 305 g/mol. The van der Waals surface area contributed by atoms with Crippen LogP contribution in [0, 0.1) is 0 Å². The fourth-order valence-corrected chi connectivity index (χ4v) is 2.60. The van der Waals surface area contributed by atoms with Gasteiger partial charge in [-0.2, -0.15) is 0 Å². The number of nitrogens with one attached hydrogen (secondary N) is 1. The standard InChI is InChI=1S/C17H27N3O2/c1-17(2,20-8-10-22-11-9-20)13-18-16(21)14-6-5-7-15(12-14)19(3)4/h5-7,12H,8-11,13H2,1-4H3,(H,18,21).